The Hall–Kier alpha value is -0.990. The Balaban J connectivity index is 2.98. The van der Waals surface area contributed by atoms with Crippen molar-refractivity contribution in [2.75, 3.05) is 0 Å². The fraction of sp³-hybridized carbons (Fsp3) is 0.750. The van der Waals surface area contributed by atoms with Crippen molar-refractivity contribution in [1.29, 1.82) is 0 Å². The zero-order chi connectivity index (χ0) is 11.6. The van der Waals surface area contributed by atoms with Gasteiger partial charge in [-0.1, -0.05) is 27.7 Å². The first kappa shape index (κ1) is 12.1. The molecule has 0 aromatic carbocycles. The lowest BCUT2D eigenvalue weighted by molar-refractivity contribution is 0.432. The molecule has 0 amide bonds. The lowest BCUT2D eigenvalue weighted by Gasteiger charge is -2.11. The summed E-state index contributed by atoms with van der Waals surface area (Å²) in [7, 11) is 0. The predicted octanol–water partition coefficient (Wildman–Crippen LogP) is 2.75. The van der Waals surface area contributed by atoms with E-state index in [4.69, 9.17) is 0 Å². The predicted molar refractivity (Wildman–Crippen MR) is 62.0 cm³/mol. The van der Waals surface area contributed by atoms with Crippen LogP contribution < -0.4 is 0 Å². The van der Waals surface area contributed by atoms with Crippen LogP contribution >= 0.6 is 0 Å². The highest BCUT2D eigenvalue weighted by molar-refractivity contribution is 5.31. The zero-order valence-electron chi connectivity index (χ0n) is 10.4. The first-order chi connectivity index (χ1) is 6.91. The van der Waals surface area contributed by atoms with E-state index in [0.29, 0.717) is 17.6 Å². The van der Waals surface area contributed by atoms with Gasteiger partial charge in [-0.15, -0.1) is 0 Å². The standard InChI is InChI=1S/C12H22N2O/c1-8(2)6-11-12(15)10(5)13-14(11)7-9(3)4/h8-9,15H,6-7H2,1-5H3. The number of rotatable bonds is 4. The third-order valence-electron chi connectivity index (χ3n) is 2.34. The smallest absolute Gasteiger partial charge is 0.159 e. The molecule has 86 valence electrons. The molecule has 0 atom stereocenters. The van der Waals surface area contributed by atoms with E-state index in [1.165, 1.54) is 0 Å². The quantitative estimate of drug-likeness (QED) is 0.829. The van der Waals surface area contributed by atoms with Crippen LogP contribution in [0.5, 0.6) is 5.75 Å². The molecule has 0 saturated heterocycles. The van der Waals surface area contributed by atoms with Crippen LogP contribution in [0.2, 0.25) is 0 Å². The monoisotopic (exact) mass is 210 g/mol. The molecule has 15 heavy (non-hydrogen) atoms. The van der Waals surface area contributed by atoms with Crippen LogP contribution in [0.3, 0.4) is 0 Å². The third-order valence-corrected chi connectivity index (χ3v) is 2.34. The first-order valence-corrected chi connectivity index (χ1v) is 5.67. The maximum Gasteiger partial charge on any atom is 0.159 e. The van der Waals surface area contributed by atoms with E-state index >= 15 is 0 Å². The molecular formula is C12H22N2O. The third kappa shape index (κ3) is 2.98. The van der Waals surface area contributed by atoms with Gasteiger partial charge in [0, 0.05) is 6.54 Å². The highest BCUT2D eigenvalue weighted by Crippen LogP contribution is 2.24. The molecule has 0 aliphatic carbocycles. The Bertz CT molecular complexity index is 327. The van der Waals surface area contributed by atoms with Crippen molar-refractivity contribution in [1.82, 2.24) is 9.78 Å². The maximum atomic E-state index is 9.90. The number of hydrogen-bond acceptors (Lipinski definition) is 2. The van der Waals surface area contributed by atoms with E-state index in [1.54, 1.807) is 0 Å². The van der Waals surface area contributed by atoms with Crippen molar-refractivity contribution in [3.63, 3.8) is 0 Å². The Morgan fingerprint density at radius 1 is 1.20 bits per heavy atom. The van der Waals surface area contributed by atoms with Gasteiger partial charge >= 0.3 is 0 Å². The molecule has 1 aromatic heterocycles. The fourth-order valence-corrected chi connectivity index (χ4v) is 1.71. The van der Waals surface area contributed by atoms with Crippen LogP contribution in [-0.4, -0.2) is 14.9 Å². The van der Waals surface area contributed by atoms with Gasteiger partial charge in [0.25, 0.3) is 0 Å². The van der Waals surface area contributed by atoms with Crippen LogP contribution in [-0.2, 0) is 13.0 Å². The molecule has 0 aliphatic rings. The summed E-state index contributed by atoms with van der Waals surface area (Å²) >= 11 is 0. The van der Waals surface area contributed by atoms with Crippen molar-refractivity contribution in [2.24, 2.45) is 11.8 Å². The van der Waals surface area contributed by atoms with Crippen LogP contribution in [0.1, 0.15) is 39.1 Å². The molecule has 0 saturated carbocycles. The molecule has 1 aromatic rings. The lowest BCUT2D eigenvalue weighted by Crippen LogP contribution is -2.11. The summed E-state index contributed by atoms with van der Waals surface area (Å²) in [5.74, 6) is 1.47. The topological polar surface area (TPSA) is 38.0 Å². The molecule has 0 aliphatic heterocycles. The second-order valence-corrected chi connectivity index (χ2v) is 5.05. The minimum Gasteiger partial charge on any atom is -0.504 e. The van der Waals surface area contributed by atoms with Crippen molar-refractivity contribution < 1.29 is 5.11 Å². The second kappa shape index (κ2) is 4.69. The van der Waals surface area contributed by atoms with E-state index in [1.807, 2.05) is 11.6 Å². The van der Waals surface area contributed by atoms with Crippen LogP contribution in [0, 0.1) is 18.8 Å². The Labute approximate surface area is 92.1 Å². The first-order valence-electron chi connectivity index (χ1n) is 5.67. The number of aryl methyl sites for hydroxylation is 1. The highest BCUT2D eigenvalue weighted by atomic mass is 16.3. The number of aromatic hydroxyl groups is 1. The molecule has 1 rings (SSSR count). The average Bonchev–Trinajstić information content (AvgIpc) is 2.31. The van der Waals surface area contributed by atoms with Crippen molar-refractivity contribution >= 4 is 0 Å². The Kier molecular flexibility index (Phi) is 3.77. The molecule has 3 heteroatoms. The Morgan fingerprint density at radius 2 is 1.80 bits per heavy atom. The van der Waals surface area contributed by atoms with Crippen LogP contribution in [0.4, 0.5) is 0 Å². The molecule has 0 bridgehead atoms. The molecule has 1 N–H and O–H groups in total. The van der Waals surface area contributed by atoms with E-state index in [-0.39, 0.29) is 0 Å². The van der Waals surface area contributed by atoms with Gasteiger partial charge in [0.15, 0.2) is 5.75 Å². The van der Waals surface area contributed by atoms with Gasteiger partial charge in [0.1, 0.15) is 5.69 Å². The summed E-state index contributed by atoms with van der Waals surface area (Å²) < 4.78 is 1.95. The largest absolute Gasteiger partial charge is 0.504 e. The summed E-state index contributed by atoms with van der Waals surface area (Å²) in [6, 6.07) is 0. The van der Waals surface area contributed by atoms with Gasteiger partial charge in [-0.05, 0) is 25.2 Å². The molecule has 0 spiro atoms. The van der Waals surface area contributed by atoms with Gasteiger partial charge in [-0.3, -0.25) is 4.68 Å². The van der Waals surface area contributed by atoms with Gasteiger partial charge in [0.05, 0.1) is 5.69 Å². The van der Waals surface area contributed by atoms with Crippen LogP contribution in [0.15, 0.2) is 0 Å². The van der Waals surface area contributed by atoms with Gasteiger partial charge in [-0.25, -0.2) is 0 Å². The normalized spacial score (nSPS) is 11.7. The molecule has 1 heterocycles. The number of aromatic nitrogens is 2. The SMILES string of the molecule is Cc1nn(CC(C)C)c(CC(C)C)c1O. The molecule has 3 nitrogen and oxygen atoms in total. The number of hydrogen-bond donors (Lipinski definition) is 1. The molecule has 0 fully saturated rings. The molecule has 0 radical (unpaired) electrons. The zero-order valence-corrected chi connectivity index (χ0v) is 10.4. The van der Waals surface area contributed by atoms with Gasteiger partial charge < -0.3 is 5.11 Å². The lowest BCUT2D eigenvalue weighted by atomic mass is 10.1. The molecular weight excluding hydrogens is 188 g/mol. The second-order valence-electron chi connectivity index (χ2n) is 5.05. The summed E-state index contributed by atoms with van der Waals surface area (Å²) in [5, 5.41) is 14.3. The van der Waals surface area contributed by atoms with E-state index in [9.17, 15) is 5.11 Å². The van der Waals surface area contributed by atoms with Gasteiger partial charge in [-0.2, -0.15) is 5.10 Å². The summed E-state index contributed by atoms with van der Waals surface area (Å²) in [5.41, 5.74) is 1.72. The van der Waals surface area contributed by atoms with Crippen molar-refractivity contribution in [2.45, 2.75) is 47.6 Å². The number of nitrogens with zero attached hydrogens (tertiary/aromatic N) is 2. The van der Waals surface area contributed by atoms with Crippen LogP contribution in [0.25, 0.3) is 0 Å². The maximum absolute atomic E-state index is 9.90. The highest BCUT2D eigenvalue weighted by Gasteiger charge is 2.15. The average molecular weight is 210 g/mol. The van der Waals surface area contributed by atoms with Gasteiger partial charge in [0.2, 0.25) is 0 Å². The van der Waals surface area contributed by atoms with Crippen molar-refractivity contribution in [3.05, 3.63) is 11.4 Å². The summed E-state index contributed by atoms with van der Waals surface area (Å²) in [6.07, 6.45) is 0.888. The minimum atomic E-state index is 0.379. The summed E-state index contributed by atoms with van der Waals surface area (Å²) in [6.45, 7) is 11.4. The molecule has 0 unspecified atom stereocenters. The van der Waals surface area contributed by atoms with Crippen molar-refractivity contribution in [3.8, 4) is 5.75 Å². The van der Waals surface area contributed by atoms with E-state index < -0.39 is 0 Å². The summed E-state index contributed by atoms with van der Waals surface area (Å²) in [4.78, 5) is 0. The van der Waals surface area contributed by atoms with E-state index in [2.05, 4.69) is 32.8 Å². The fourth-order valence-electron chi connectivity index (χ4n) is 1.71. The minimum absolute atomic E-state index is 0.379. The van der Waals surface area contributed by atoms with E-state index in [0.717, 1.165) is 24.4 Å². The Morgan fingerprint density at radius 3 is 2.27 bits per heavy atom.